The van der Waals surface area contributed by atoms with E-state index in [4.69, 9.17) is 0 Å². The van der Waals surface area contributed by atoms with Crippen LogP contribution in [0, 0.1) is 5.92 Å². The number of nitrogens with one attached hydrogen (secondary N) is 1. The summed E-state index contributed by atoms with van der Waals surface area (Å²) < 4.78 is 0.997. The Morgan fingerprint density at radius 1 is 1.18 bits per heavy atom. The Hall–Kier alpha value is -1.94. The van der Waals surface area contributed by atoms with Gasteiger partial charge in [0.25, 0.3) is 0 Å². The van der Waals surface area contributed by atoms with E-state index in [-0.39, 0.29) is 11.8 Å². The van der Waals surface area contributed by atoms with Crippen molar-refractivity contribution >= 4 is 27.5 Å². The maximum Gasteiger partial charge on any atom is 0.243 e. The second-order valence-corrected chi connectivity index (χ2v) is 6.46. The van der Waals surface area contributed by atoms with Gasteiger partial charge in [-0.05, 0) is 42.5 Å². The number of hydrogen-bond donors (Lipinski definition) is 1. The van der Waals surface area contributed by atoms with Gasteiger partial charge in [0.05, 0.1) is 5.71 Å². The van der Waals surface area contributed by atoms with Gasteiger partial charge in [0, 0.05) is 10.4 Å². The molecule has 112 valence electrons. The summed E-state index contributed by atoms with van der Waals surface area (Å²) in [5, 5.41) is 4.22. The molecule has 1 aliphatic carbocycles. The lowest BCUT2D eigenvalue weighted by Gasteiger charge is -2.03. The average molecular weight is 357 g/mol. The van der Waals surface area contributed by atoms with Crippen LogP contribution >= 0.6 is 15.9 Å². The van der Waals surface area contributed by atoms with E-state index in [0.29, 0.717) is 5.92 Å². The quantitative estimate of drug-likeness (QED) is 0.650. The Balaban J connectivity index is 1.60. The first-order chi connectivity index (χ1) is 10.6. The van der Waals surface area contributed by atoms with Gasteiger partial charge in [-0.25, -0.2) is 5.43 Å². The van der Waals surface area contributed by atoms with Gasteiger partial charge in [-0.2, -0.15) is 5.10 Å². The fraction of sp³-hybridized carbons (Fsp3) is 0.222. The molecule has 3 nitrogen and oxygen atoms in total. The molecule has 2 aromatic carbocycles. The summed E-state index contributed by atoms with van der Waals surface area (Å²) in [5.74, 6) is 0.382. The minimum absolute atomic E-state index is 0.00296. The van der Waals surface area contributed by atoms with Crippen LogP contribution in [-0.4, -0.2) is 11.6 Å². The Kier molecular flexibility index (Phi) is 4.39. The number of carbonyl (C=O) groups is 1. The molecule has 0 aliphatic heterocycles. The normalized spacial score (nSPS) is 20.5. The summed E-state index contributed by atoms with van der Waals surface area (Å²) in [6.45, 7) is 1.89. The third kappa shape index (κ3) is 3.45. The predicted molar refractivity (Wildman–Crippen MR) is 91.8 cm³/mol. The standard InChI is InChI=1S/C18H17BrN2O/c1-12(14-8-5-9-15(19)10-14)20-21-18(22)17-11-16(17)13-6-3-2-4-7-13/h2-10,16-17H,11H2,1H3,(H,21,22)/b20-12-/t16-,17-/m0/s1. The van der Waals surface area contributed by atoms with E-state index in [9.17, 15) is 4.79 Å². The molecule has 0 aromatic heterocycles. The molecule has 0 saturated heterocycles. The van der Waals surface area contributed by atoms with Gasteiger partial charge >= 0.3 is 0 Å². The maximum absolute atomic E-state index is 12.2. The SMILES string of the molecule is C/C(=N/NC(=O)[C@H]1C[C@H]1c1ccccc1)c1cccc(Br)c1. The third-order valence-electron chi connectivity index (χ3n) is 3.93. The van der Waals surface area contributed by atoms with Crippen molar-refractivity contribution in [3.8, 4) is 0 Å². The van der Waals surface area contributed by atoms with Crippen LogP contribution in [0.15, 0.2) is 64.2 Å². The van der Waals surface area contributed by atoms with Gasteiger partial charge in [0.2, 0.25) is 5.91 Å². The van der Waals surface area contributed by atoms with Crippen molar-refractivity contribution < 1.29 is 4.79 Å². The molecule has 2 atom stereocenters. The molecule has 3 rings (SSSR count). The first-order valence-corrected chi connectivity index (χ1v) is 8.09. The highest BCUT2D eigenvalue weighted by molar-refractivity contribution is 9.10. The fourth-order valence-corrected chi connectivity index (χ4v) is 2.95. The second kappa shape index (κ2) is 6.44. The van der Waals surface area contributed by atoms with Crippen molar-refractivity contribution in [3.63, 3.8) is 0 Å². The largest absolute Gasteiger partial charge is 0.273 e. The van der Waals surface area contributed by atoms with Crippen LogP contribution in [0.25, 0.3) is 0 Å². The molecule has 1 N–H and O–H groups in total. The summed E-state index contributed by atoms with van der Waals surface area (Å²) in [4.78, 5) is 12.2. The maximum atomic E-state index is 12.2. The van der Waals surface area contributed by atoms with Gasteiger partial charge in [0.15, 0.2) is 0 Å². The van der Waals surface area contributed by atoms with E-state index in [0.717, 1.165) is 22.2 Å². The van der Waals surface area contributed by atoms with Crippen molar-refractivity contribution in [2.75, 3.05) is 0 Å². The molecule has 22 heavy (non-hydrogen) atoms. The number of hydrazone groups is 1. The number of halogens is 1. The van der Waals surface area contributed by atoms with Gasteiger partial charge < -0.3 is 0 Å². The van der Waals surface area contributed by atoms with Crippen molar-refractivity contribution in [1.29, 1.82) is 0 Å². The van der Waals surface area contributed by atoms with Gasteiger partial charge in [-0.1, -0.05) is 58.4 Å². The smallest absolute Gasteiger partial charge is 0.243 e. The first kappa shape index (κ1) is 15.0. The Morgan fingerprint density at radius 2 is 1.95 bits per heavy atom. The van der Waals surface area contributed by atoms with Gasteiger partial charge in [0.1, 0.15) is 0 Å². The molecule has 0 spiro atoms. The summed E-state index contributed by atoms with van der Waals surface area (Å²) in [6, 6.07) is 18.0. The lowest BCUT2D eigenvalue weighted by molar-refractivity contribution is -0.122. The molecule has 0 radical (unpaired) electrons. The minimum atomic E-state index is 0.00296. The van der Waals surface area contributed by atoms with Gasteiger partial charge in [-0.15, -0.1) is 0 Å². The summed E-state index contributed by atoms with van der Waals surface area (Å²) in [7, 11) is 0. The monoisotopic (exact) mass is 356 g/mol. The van der Waals surface area contributed by atoms with Crippen molar-refractivity contribution in [2.45, 2.75) is 19.3 Å². The molecule has 0 bridgehead atoms. The zero-order valence-corrected chi connectivity index (χ0v) is 13.9. The number of carbonyl (C=O) groups excluding carboxylic acids is 1. The van der Waals surface area contributed by atoms with Crippen LogP contribution in [0.1, 0.15) is 30.4 Å². The number of amides is 1. The lowest BCUT2D eigenvalue weighted by Crippen LogP contribution is -2.21. The molecule has 4 heteroatoms. The van der Waals surface area contributed by atoms with Crippen molar-refractivity contribution in [2.24, 2.45) is 11.0 Å². The Morgan fingerprint density at radius 3 is 2.68 bits per heavy atom. The van der Waals surface area contributed by atoms with Crippen LogP contribution in [0.2, 0.25) is 0 Å². The molecule has 0 heterocycles. The topological polar surface area (TPSA) is 41.5 Å². The molecule has 1 aliphatic rings. The number of benzene rings is 2. The van der Waals surface area contributed by atoms with Crippen LogP contribution < -0.4 is 5.43 Å². The lowest BCUT2D eigenvalue weighted by atomic mass is 10.1. The molecule has 0 unspecified atom stereocenters. The molecule has 1 fully saturated rings. The number of hydrogen-bond acceptors (Lipinski definition) is 2. The highest BCUT2D eigenvalue weighted by Crippen LogP contribution is 2.47. The summed E-state index contributed by atoms with van der Waals surface area (Å²) in [6.07, 6.45) is 0.904. The molecular formula is C18H17BrN2O. The number of rotatable bonds is 4. The van der Waals surface area contributed by atoms with E-state index in [1.807, 2.05) is 49.4 Å². The van der Waals surface area contributed by atoms with E-state index in [1.54, 1.807) is 0 Å². The van der Waals surface area contributed by atoms with Crippen LogP contribution in [-0.2, 0) is 4.79 Å². The molecule has 1 saturated carbocycles. The summed E-state index contributed by atoms with van der Waals surface area (Å²) >= 11 is 3.44. The Bertz CT molecular complexity index is 712. The van der Waals surface area contributed by atoms with Crippen molar-refractivity contribution in [3.05, 3.63) is 70.2 Å². The third-order valence-corrected chi connectivity index (χ3v) is 4.42. The molecule has 1 amide bonds. The van der Waals surface area contributed by atoms with Crippen LogP contribution in [0.3, 0.4) is 0 Å². The van der Waals surface area contributed by atoms with E-state index < -0.39 is 0 Å². The van der Waals surface area contributed by atoms with Crippen LogP contribution in [0.4, 0.5) is 0 Å². The fourth-order valence-electron chi connectivity index (χ4n) is 2.55. The predicted octanol–water partition coefficient (Wildman–Crippen LogP) is 4.09. The van der Waals surface area contributed by atoms with Gasteiger partial charge in [-0.3, -0.25) is 4.79 Å². The molecular weight excluding hydrogens is 340 g/mol. The zero-order chi connectivity index (χ0) is 15.5. The average Bonchev–Trinajstić information content (AvgIpc) is 3.34. The van der Waals surface area contributed by atoms with E-state index in [1.165, 1.54) is 5.56 Å². The highest BCUT2D eigenvalue weighted by atomic mass is 79.9. The minimum Gasteiger partial charge on any atom is -0.273 e. The van der Waals surface area contributed by atoms with Crippen LogP contribution in [0.5, 0.6) is 0 Å². The van der Waals surface area contributed by atoms with E-state index >= 15 is 0 Å². The molecule has 2 aromatic rings. The summed E-state index contributed by atoms with van der Waals surface area (Å²) in [5.41, 5.74) is 5.72. The zero-order valence-electron chi connectivity index (χ0n) is 12.3. The van der Waals surface area contributed by atoms with Crippen molar-refractivity contribution in [1.82, 2.24) is 5.43 Å². The first-order valence-electron chi connectivity index (χ1n) is 7.30. The highest BCUT2D eigenvalue weighted by Gasteiger charge is 2.43. The Labute approximate surface area is 138 Å². The second-order valence-electron chi connectivity index (χ2n) is 5.54. The van der Waals surface area contributed by atoms with E-state index in [2.05, 4.69) is 38.6 Å². The number of nitrogens with zero attached hydrogens (tertiary/aromatic N) is 1.